The predicted molar refractivity (Wildman–Crippen MR) is 211 cm³/mol. The lowest BCUT2D eigenvalue weighted by Crippen LogP contribution is -2.57. The quantitative estimate of drug-likeness (QED) is 0.115. The number of carbonyl (C=O) groups is 4. The van der Waals surface area contributed by atoms with Gasteiger partial charge in [0.05, 0.1) is 40.9 Å². The van der Waals surface area contributed by atoms with Crippen LogP contribution in [0.3, 0.4) is 0 Å². The molecule has 12 nitrogen and oxygen atoms in total. The molecule has 4 amide bonds. The number of rotatable bonds is 18. The Labute approximate surface area is 323 Å². The first-order valence-electron chi connectivity index (χ1n) is 18.9. The minimum atomic E-state index is -0.874. The van der Waals surface area contributed by atoms with E-state index in [-0.39, 0.29) is 67.6 Å². The fourth-order valence-corrected chi connectivity index (χ4v) is 7.37. The Morgan fingerprint density at radius 1 is 1.00 bits per heavy atom. The Balaban J connectivity index is 1.25. The summed E-state index contributed by atoms with van der Waals surface area (Å²) in [4.78, 5) is 58.6. The normalized spacial score (nSPS) is 18.1. The minimum Gasteiger partial charge on any atom is -0.391 e. The molecule has 1 saturated heterocycles. The van der Waals surface area contributed by atoms with Gasteiger partial charge in [-0.3, -0.25) is 19.2 Å². The van der Waals surface area contributed by atoms with Gasteiger partial charge in [0.1, 0.15) is 12.1 Å². The highest BCUT2D eigenvalue weighted by molar-refractivity contribution is 7.13. The van der Waals surface area contributed by atoms with Crippen molar-refractivity contribution in [3.63, 3.8) is 0 Å². The molecule has 13 heteroatoms. The van der Waals surface area contributed by atoms with E-state index in [1.807, 2.05) is 95.6 Å². The Morgan fingerprint density at radius 3 is 2.28 bits per heavy atom. The van der Waals surface area contributed by atoms with Gasteiger partial charge in [0.2, 0.25) is 23.6 Å². The summed E-state index contributed by atoms with van der Waals surface area (Å²) >= 11 is 1.58. The molecule has 2 heterocycles. The number of hydrogen-bond donors (Lipinski definition) is 5. The first-order chi connectivity index (χ1) is 25.5. The van der Waals surface area contributed by atoms with Crippen molar-refractivity contribution < 1.29 is 29.0 Å². The topological polar surface area (TPSA) is 190 Å². The Hall–Kier alpha value is -4.17. The van der Waals surface area contributed by atoms with Gasteiger partial charge in [0.15, 0.2) is 0 Å². The highest BCUT2D eigenvalue weighted by Crippen LogP contribution is 2.30. The second-order valence-electron chi connectivity index (χ2n) is 15.6. The van der Waals surface area contributed by atoms with Crippen LogP contribution >= 0.6 is 11.3 Å². The molecule has 1 aliphatic rings. The number of carbonyl (C=O) groups excluding carboxylic acids is 4. The first kappa shape index (κ1) is 42.6. The molecular formula is C41H58N6O6S. The van der Waals surface area contributed by atoms with Crippen molar-refractivity contribution in [2.75, 3.05) is 6.54 Å². The number of β-amino-alcohol motifs (C(OH)–C–C–N with tert-alkyl or cyclic N) is 1. The molecule has 54 heavy (non-hydrogen) atoms. The predicted octanol–water partition coefficient (Wildman–Crippen LogP) is 4.70. The molecule has 1 aromatic heterocycles. The second kappa shape index (κ2) is 19.4. The van der Waals surface area contributed by atoms with Gasteiger partial charge in [-0.2, -0.15) is 0 Å². The molecule has 0 spiro atoms. The number of aliphatic hydroxyl groups excluding tert-OH is 1. The summed E-state index contributed by atoms with van der Waals surface area (Å²) in [6.07, 6.45) is 2.25. The molecule has 0 bridgehead atoms. The summed E-state index contributed by atoms with van der Waals surface area (Å²) in [6.45, 7) is 11.8. The van der Waals surface area contributed by atoms with Crippen LogP contribution in [0.4, 0.5) is 0 Å². The van der Waals surface area contributed by atoms with Crippen LogP contribution in [0, 0.1) is 12.3 Å². The molecule has 3 aromatic rings. The number of aliphatic hydroxyl groups is 1. The number of thiazole rings is 1. The molecule has 0 aliphatic carbocycles. The zero-order valence-electron chi connectivity index (χ0n) is 32.5. The summed E-state index contributed by atoms with van der Waals surface area (Å²) in [7, 11) is 0. The SMILES string of the molecule is Cc1ncsc1-c1ccc([C@H](C)NC(=O)[C@@H]2C[C@@H](O)CN2C(=O)[C@@H](NC(=O)CCCCc2ccc(CO[C@H](C)[C@@H](N)CCC(N)=O)cc2)C(C)(C)C)cc1. The number of amides is 4. The highest BCUT2D eigenvalue weighted by atomic mass is 32.1. The number of aryl methyl sites for hydroxylation is 2. The lowest BCUT2D eigenvalue weighted by Gasteiger charge is -2.35. The van der Waals surface area contributed by atoms with E-state index in [9.17, 15) is 24.3 Å². The number of likely N-dealkylation sites (tertiary alicyclic amines) is 1. The van der Waals surface area contributed by atoms with Crippen molar-refractivity contribution in [3.8, 4) is 10.4 Å². The third-order valence-corrected chi connectivity index (χ3v) is 11.0. The summed E-state index contributed by atoms with van der Waals surface area (Å²) in [5.41, 5.74) is 17.6. The van der Waals surface area contributed by atoms with Crippen LogP contribution in [0.15, 0.2) is 54.0 Å². The van der Waals surface area contributed by atoms with E-state index in [2.05, 4.69) is 15.6 Å². The molecule has 0 saturated carbocycles. The Kier molecular flexibility index (Phi) is 15.3. The number of benzene rings is 2. The lowest BCUT2D eigenvalue weighted by atomic mass is 9.85. The molecule has 0 unspecified atom stereocenters. The van der Waals surface area contributed by atoms with E-state index < -0.39 is 23.6 Å². The molecule has 4 rings (SSSR count). The number of aromatic nitrogens is 1. The van der Waals surface area contributed by atoms with Gasteiger partial charge in [-0.1, -0.05) is 69.3 Å². The maximum atomic E-state index is 14.0. The summed E-state index contributed by atoms with van der Waals surface area (Å²) in [5, 5.41) is 16.6. The fraction of sp³-hybridized carbons (Fsp3) is 0.537. The number of nitrogens with zero attached hydrogens (tertiary/aromatic N) is 2. The van der Waals surface area contributed by atoms with E-state index in [0.29, 0.717) is 19.4 Å². The van der Waals surface area contributed by atoms with E-state index in [0.717, 1.165) is 45.7 Å². The third-order valence-electron chi connectivity index (χ3n) is 10.0. The standard InChI is InChI=1S/C41H58N6O6S/c1-25(30-15-17-31(18-16-30)37-26(2)44-24-54-37)45-39(51)34-21-32(48)22-47(34)40(52)38(41(4,5)6)46-36(50)10-8-7-9-28-11-13-29(14-12-28)23-53-27(3)33(42)19-20-35(43)49/h11-18,24-25,27,32-34,38,48H,7-10,19-23,42H2,1-6H3,(H2,43,49)(H,45,51)(H,46,50)/t25-,27+,32+,33-,34-,38+/m0/s1. The summed E-state index contributed by atoms with van der Waals surface area (Å²) < 4.78 is 5.88. The molecule has 294 valence electrons. The van der Waals surface area contributed by atoms with Crippen LogP contribution in [-0.4, -0.2) is 75.5 Å². The van der Waals surface area contributed by atoms with E-state index >= 15 is 0 Å². The van der Waals surface area contributed by atoms with Crippen LogP contribution in [0.5, 0.6) is 0 Å². The van der Waals surface area contributed by atoms with E-state index in [4.69, 9.17) is 16.2 Å². The Bertz CT molecular complexity index is 1710. The molecular weight excluding hydrogens is 705 g/mol. The number of nitrogens with one attached hydrogen (secondary N) is 2. The maximum Gasteiger partial charge on any atom is 0.246 e. The number of ether oxygens (including phenoxy) is 1. The molecule has 6 atom stereocenters. The van der Waals surface area contributed by atoms with Crippen molar-refractivity contribution in [1.82, 2.24) is 20.5 Å². The largest absolute Gasteiger partial charge is 0.391 e. The van der Waals surface area contributed by atoms with Gasteiger partial charge >= 0.3 is 0 Å². The minimum absolute atomic E-state index is 0.0189. The van der Waals surface area contributed by atoms with Gasteiger partial charge in [-0.15, -0.1) is 11.3 Å². The third kappa shape index (κ3) is 12.2. The number of hydrogen-bond acceptors (Lipinski definition) is 9. The number of primary amides is 1. The van der Waals surface area contributed by atoms with Crippen LogP contribution in [0.2, 0.25) is 0 Å². The summed E-state index contributed by atoms with van der Waals surface area (Å²) in [6, 6.07) is 13.7. The molecule has 1 aliphatic heterocycles. The second-order valence-corrected chi connectivity index (χ2v) is 16.4. The molecule has 7 N–H and O–H groups in total. The van der Waals surface area contributed by atoms with Crippen molar-refractivity contribution in [2.24, 2.45) is 16.9 Å². The average molecular weight is 763 g/mol. The number of unbranched alkanes of at least 4 members (excludes halogenated alkanes) is 1. The van der Waals surface area contributed by atoms with Crippen LogP contribution in [0.1, 0.15) is 102 Å². The van der Waals surface area contributed by atoms with Crippen molar-refractivity contribution in [2.45, 2.75) is 129 Å². The van der Waals surface area contributed by atoms with Crippen LogP contribution in [0.25, 0.3) is 10.4 Å². The zero-order valence-corrected chi connectivity index (χ0v) is 33.3. The zero-order chi connectivity index (χ0) is 39.6. The van der Waals surface area contributed by atoms with Crippen molar-refractivity contribution in [1.29, 1.82) is 0 Å². The maximum absolute atomic E-state index is 14.0. The van der Waals surface area contributed by atoms with Crippen LogP contribution < -0.4 is 22.1 Å². The average Bonchev–Trinajstić information content (AvgIpc) is 3.75. The monoisotopic (exact) mass is 762 g/mol. The van der Waals surface area contributed by atoms with Gasteiger partial charge in [-0.05, 0) is 74.1 Å². The van der Waals surface area contributed by atoms with Gasteiger partial charge in [0.25, 0.3) is 0 Å². The van der Waals surface area contributed by atoms with Crippen LogP contribution in [-0.2, 0) is 36.9 Å². The first-order valence-corrected chi connectivity index (χ1v) is 19.7. The van der Waals surface area contributed by atoms with E-state index in [1.54, 1.807) is 11.3 Å². The Morgan fingerprint density at radius 2 is 1.67 bits per heavy atom. The number of nitrogens with two attached hydrogens (primary N) is 2. The molecule has 2 aromatic carbocycles. The summed E-state index contributed by atoms with van der Waals surface area (Å²) in [5.74, 6) is -1.33. The van der Waals surface area contributed by atoms with Crippen molar-refractivity contribution in [3.05, 3.63) is 76.4 Å². The van der Waals surface area contributed by atoms with Gasteiger partial charge in [0, 0.05) is 31.8 Å². The van der Waals surface area contributed by atoms with Crippen molar-refractivity contribution >= 4 is 35.0 Å². The van der Waals surface area contributed by atoms with E-state index in [1.165, 1.54) is 4.90 Å². The molecule has 1 fully saturated rings. The fourth-order valence-electron chi connectivity index (χ4n) is 6.56. The highest BCUT2D eigenvalue weighted by Gasteiger charge is 2.44. The molecule has 0 radical (unpaired) electrons. The lowest BCUT2D eigenvalue weighted by molar-refractivity contribution is -0.144. The van der Waals surface area contributed by atoms with Gasteiger partial charge < -0.3 is 36.8 Å². The smallest absolute Gasteiger partial charge is 0.246 e. The van der Waals surface area contributed by atoms with Gasteiger partial charge in [-0.25, -0.2) is 4.98 Å².